The summed E-state index contributed by atoms with van der Waals surface area (Å²) in [4.78, 5) is 17.0. The number of amides is 1. The first-order chi connectivity index (χ1) is 11.2. The quantitative estimate of drug-likeness (QED) is 0.853. The maximum Gasteiger partial charge on any atom is 0.259 e. The predicted molar refractivity (Wildman–Crippen MR) is 86.1 cm³/mol. The lowest BCUT2D eigenvalue weighted by Gasteiger charge is -2.33. The summed E-state index contributed by atoms with van der Waals surface area (Å²) in [5.74, 6) is 0.647. The minimum absolute atomic E-state index is 0.0451. The van der Waals surface area contributed by atoms with Gasteiger partial charge < -0.3 is 9.42 Å². The van der Waals surface area contributed by atoms with E-state index >= 15 is 0 Å². The zero-order valence-electron chi connectivity index (χ0n) is 13.4. The number of benzene rings is 1. The second-order valence-electron chi connectivity index (χ2n) is 6.48. The molecule has 2 aliphatic heterocycles. The Balaban J connectivity index is 1.43. The van der Waals surface area contributed by atoms with E-state index in [4.69, 9.17) is 4.52 Å². The van der Waals surface area contributed by atoms with E-state index in [1.54, 1.807) is 6.92 Å². The molecule has 1 unspecified atom stereocenters. The smallest absolute Gasteiger partial charge is 0.259 e. The number of rotatable bonds is 2. The number of hydrogen-bond acceptors (Lipinski definition) is 4. The molecule has 1 saturated heterocycles. The molecule has 2 aliphatic rings. The van der Waals surface area contributed by atoms with Gasteiger partial charge in [-0.25, -0.2) is 0 Å². The Morgan fingerprint density at radius 2 is 2.09 bits per heavy atom. The number of nitrogens with zero attached hydrogens (tertiary/aromatic N) is 3. The molecule has 0 aliphatic carbocycles. The fourth-order valence-electron chi connectivity index (χ4n) is 3.73. The van der Waals surface area contributed by atoms with E-state index in [2.05, 4.69) is 34.3 Å². The molecule has 120 valence electrons. The average molecular weight is 311 g/mol. The van der Waals surface area contributed by atoms with Crippen LogP contribution in [0.3, 0.4) is 0 Å². The number of hydrogen-bond donors (Lipinski definition) is 0. The second-order valence-corrected chi connectivity index (χ2v) is 6.48. The first kappa shape index (κ1) is 14.5. The van der Waals surface area contributed by atoms with Crippen molar-refractivity contribution in [1.29, 1.82) is 0 Å². The number of carbonyl (C=O) groups is 1. The van der Waals surface area contributed by atoms with Gasteiger partial charge in [0.05, 0.1) is 6.20 Å². The van der Waals surface area contributed by atoms with Crippen LogP contribution in [0.2, 0.25) is 0 Å². The van der Waals surface area contributed by atoms with Gasteiger partial charge in [-0.3, -0.25) is 9.69 Å². The maximum atomic E-state index is 12.6. The largest absolute Gasteiger partial charge is 0.361 e. The molecule has 3 heterocycles. The molecule has 5 nitrogen and oxygen atoms in total. The van der Waals surface area contributed by atoms with Crippen LogP contribution in [0.4, 0.5) is 0 Å². The molecule has 4 rings (SSSR count). The van der Waals surface area contributed by atoms with Crippen molar-refractivity contribution in [3.05, 3.63) is 52.9 Å². The number of likely N-dealkylation sites (tertiary alicyclic amines) is 1. The summed E-state index contributed by atoms with van der Waals surface area (Å²) < 4.78 is 5.02. The van der Waals surface area contributed by atoms with Gasteiger partial charge in [-0.2, -0.15) is 0 Å². The molecule has 5 heteroatoms. The van der Waals surface area contributed by atoms with E-state index in [-0.39, 0.29) is 5.91 Å². The summed E-state index contributed by atoms with van der Waals surface area (Å²) in [6, 6.07) is 9.13. The van der Waals surface area contributed by atoms with Gasteiger partial charge in [0.1, 0.15) is 11.3 Å². The summed E-state index contributed by atoms with van der Waals surface area (Å²) in [5, 5.41) is 3.72. The Labute approximate surface area is 135 Å². The number of carbonyl (C=O) groups excluding carboxylic acids is 1. The summed E-state index contributed by atoms with van der Waals surface area (Å²) in [6.45, 7) is 5.47. The highest BCUT2D eigenvalue weighted by molar-refractivity contribution is 5.95. The Morgan fingerprint density at radius 3 is 2.87 bits per heavy atom. The fraction of sp³-hybridized carbons (Fsp3) is 0.444. The van der Waals surface area contributed by atoms with E-state index in [1.807, 2.05) is 4.90 Å². The molecule has 1 amide bonds. The van der Waals surface area contributed by atoms with Gasteiger partial charge in [0, 0.05) is 32.2 Å². The van der Waals surface area contributed by atoms with Crippen LogP contribution in [0.25, 0.3) is 0 Å². The van der Waals surface area contributed by atoms with E-state index < -0.39 is 0 Å². The van der Waals surface area contributed by atoms with Crippen molar-refractivity contribution in [2.75, 3.05) is 19.6 Å². The van der Waals surface area contributed by atoms with Crippen molar-refractivity contribution in [3.63, 3.8) is 0 Å². The molecule has 0 saturated carbocycles. The minimum Gasteiger partial charge on any atom is -0.361 e. The molecule has 0 spiro atoms. The molecular formula is C18H21N3O2. The van der Waals surface area contributed by atoms with Gasteiger partial charge in [0.25, 0.3) is 5.91 Å². The van der Waals surface area contributed by atoms with Crippen LogP contribution in [0.15, 0.2) is 35.0 Å². The molecule has 1 aromatic carbocycles. The van der Waals surface area contributed by atoms with Crippen molar-refractivity contribution in [3.8, 4) is 0 Å². The standard InChI is InChI=1S/C18H21N3O2/c1-13-17(10-19-23-13)18(22)21-9-7-16(12-21)20-8-6-14-4-2-3-5-15(14)11-20/h2-5,10,16H,6-9,11-12H2,1H3. The second kappa shape index (κ2) is 5.81. The monoisotopic (exact) mass is 311 g/mol. The number of aryl methyl sites for hydroxylation is 1. The van der Waals surface area contributed by atoms with Crippen LogP contribution < -0.4 is 0 Å². The number of fused-ring (bicyclic) bond motifs is 1. The summed E-state index contributed by atoms with van der Waals surface area (Å²) in [5.41, 5.74) is 3.49. The third-order valence-electron chi connectivity index (χ3n) is 5.11. The molecule has 23 heavy (non-hydrogen) atoms. The highest BCUT2D eigenvalue weighted by Gasteiger charge is 2.33. The van der Waals surface area contributed by atoms with E-state index in [1.165, 1.54) is 17.3 Å². The van der Waals surface area contributed by atoms with Gasteiger partial charge in [0.2, 0.25) is 0 Å². The van der Waals surface area contributed by atoms with Gasteiger partial charge in [-0.15, -0.1) is 0 Å². The van der Waals surface area contributed by atoms with Gasteiger partial charge >= 0.3 is 0 Å². The Bertz CT molecular complexity index is 725. The fourth-order valence-corrected chi connectivity index (χ4v) is 3.73. The van der Waals surface area contributed by atoms with Crippen molar-refractivity contribution in [2.45, 2.75) is 32.4 Å². The lowest BCUT2D eigenvalue weighted by atomic mass is 9.98. The van der Waals surface area contributed by atoms with Crippen molar-refractivity contribution < 1.29 is 9.32 Å². The van der Waals surface area contributed by atoms with Gasteiger partial charge in [-0.1, -0.05) is 29.4 Å². The number of aromatic nitrogens is 1. The summed E-state index contributed by atoms with van der Waals surface area (Å²) in [6.07, 6.45) is 3.67. The Kier molecular flexibility index (Phi) is 3.65. The van der Waals surface area contributed by atoms with E-state index in [0.29, 0.717) is 17.4 Å². The minimum atomic E-state index is 0.0451. The predicted octanol–water partition coefficient (Wildman–Crippen LogP) is 2.26. The highest BCUT2D eigenvalue weighted by atomic mass is 16.5. The van der Waals surface area contributed by atoms with Crippen LogP contribution in [0, 0.1) is 6.92 Å². The van der Waals surface area contributed by atoms with Crippen LogP contribution in [0.5, 0.6) is 0 Å². The molecule has 2 aromatic rings. The third kappa shape index (κ3) is 2.65. The van der Waals surface area contributed by atoms with Crippen molar-refractivity contribution >= 4 is 5.91 Å². The first-order valence-corrected chi connectivity index (χ1v) is 8.24. The maximum absolute atomic E-state index is 12.6. The lowest BCUT2D eigenvalue weighted by Crippen LogP contribution is -2.41. The average Bonchev–Trinajstić information content (AvgIpc) is 3.23. The molecule has 0 N–H and O–H groups in total. The topological polar surface area (TPSA) is 49.6 Å². The first-order valence-electron chi connectivity index (χ1n) is 8.24. The van der Waals surface area contributed by atoms with Gasteiger partial charge in [0.15, 0.2) is 0 Å². The molecule has 0 bridgehead atoms. The van der Waals surface area contributed by atoms with Gasteiger partial charge in [-0.05, 0) is 30.9 Å². The van der Waals surface area contributed by atoms with Crippen LogP contribution in [-0.2, 0) is 13.0 Å². The zero-order valence-corrected chi connectivity index (χ0v) is 13.4. The van der Waals surface area contributed by atoms with Crippen LogP contribution in [-0.4, -0.2) is 46.5 Å². The zero-order chi connectivity index (χ0) is 15.8. The van der Waals surface area contributed by atoms with Crippen LogP contribution in [0.1, 0.15) is 33.7 Å². The SMILES string of the molecule is Cc1oncc1C(=O)N1CCC(N2CCc3ccccc3C2)C1. The van der Waals surface area contributed by atoms with E-state index in [9.17, 15) is 4.79 Å². The van der Waals surface area contributed by atoms with Crippen LogP contribution >= 0.6 is 0 Å². The lowest BCUT2D eigenvalue weighted by molar-refractivity contribution is 0.0771. The Hall–Kier alpha value is -2.14. The Morgan fingerprint density at radius 1 is 1.26 bits per heavy atom. The molecule has 1 fully saturated rings. The third-order valence-corrected chi connectivity index (χ3v) is 5.11. The highest BCUT2D eigenvalue weighted by Crippen LogP contribution is 2.25. The van der Waals surface area contributed by atoms with Crippen molar-refractivity contribution in [2.24, 2.45) is 0 Å². The molecule has 0 radical (unpaired) electrons. The normalized spacial score (nSPS) is 21.4. The summed E-state index contributed by atoms with van der Waals surface area (Å²) >= 11 is 0. The molecule has 1 aromatic heterocycles. The molecular weight excluding hydrogens is 290 g/mol. The van der Waals surface area contributed by atoms with E-state index in [0.717, 1.165) is 39.0 Å². The molecule has 1 atom stereocenters. The summed E-state index contributed by atoms with van der Waals surface area (Å²) in [7, 11) is 0. The van der Waals surface area contributed by atoms with Crippen molar-refractivity contribution in [1.82, 2.24) is 15.0 Å².